The molecule has 1 aliphatic heterocycles. The van der Waals surface area contributed by atoms with Crippen LogP contribution in [0.25, 0.3) is 0 Å². The van der Waals surface area contributed by atoms with Gasteiger partial charge < -0.3 is 4.74 Å². The number of halogens is 1. The number of thioether (sulfide) groups is 1. The summed E-state index contributed by atoms with van der Waals surface area (Å²) in [5.41, 5.74) is 3.21. The minimum absolute atomic E-state index is 0.141. The minimum atomic E-state index is -0.232. The molecule has 0 radical (unpaired) electrons. The van der Waals surface area contributed by atoms with Crippen LogP contribution in [0.3, 0.4) is 0 Å². The van der Waals surface area contributed by atoms with E-state index in [2.05, 4.69) is 4.98 Å². The molecule has 1 aromatic carbocycles. The molecule has 0 saturated carbocycles. The van der Waals surface area contributed by atoms with Crippen molar-refractivity contribution < 1.29 is 9.13 Å². The maximum Gasteiger partial charge on any atom is 0.348 e. The normalized spacial score (nSPS) is 19.3. The highest BCUT2D eigenvalue weighted by atomic mass is 32.2. The van der Waals surface area contributed by atoms with E-state index in [0.29, 0.717) is 12.3 Å². The fourth-order valence-electron chi connectivity index (χ4n) is 3.62. The number of hydrogen-bond donors (Lipinski definition) is 0. The minimum Gasteiger partial charge on any atom is -0.376 e. The molecule has 4 nitrogen and oxygen atoms in total. The van der Waals surface area contributed by atoms with Crippen LogP contribution in [0.15, 0.2) is 34.1 Å². The van der Waals surface area contributed by atoms with Gasteiger partial charge in [-0.15, -0.1) is 11.8 Å². The van der Waals surface area contributed by atoms with Crippen molar-refractivity contribution in [1.29, 1.82) is 0 Å². The van der Waals surface area contributed by atoms with Gasteiger partial charge in [-0.2, -0.15) is 4.98 Å². The van der Waals surface area contributed by atoms with Crippen molar-refractivity contribution in [2.24, 2.45) is 0 Å². The van der Waals surface area contributed by atoms with Crippen LogP contribution < -0.4 is 5.69 Å². The fraction of sp³-hybridized carbons (Fsp3) is 0.474. The second-order valence-corrected chi connectivity index (χ2v) is 7.60. The van der Waals surface area contributed by atoms with E-state index >= 15 is 0 Å². The van der Waals surface area contributed by atoms with Gasteiger partial charge in [0.2, 0.25) is 0 Å². The first kappa shape index (κ1) is 16.8. The van der Waals surface area contributed by atoms with Crippen molar-refractivity contribution in [3.8, 4) is 0 Å². The zero-order valence-corrected chi connectivity index (χ0v) is 14.9. The van der Waals surface area contributed by atoms with Crippen LogP contribution in [0, 0.1) is 5.82 Å². The summed E-state index contributed by atoms with van der Waals surface area (Å²) in [7, 11) is 0. The van der Waals surface area contributed by atoms with E-state index in [1.807, 2.05) is 4.57 Å². The summed E-state index contributed by atoms with van der Waals surface area (Å²) < 4.78 is 20.5. The molecule has 1 fully saturated rings. The number of ether oxygens (including phenoxy) is 1. The zero-order chi connectivity index (χ0) is 17.2. The first-order chi connectivity index (χ1) is 12.2. The summed E-state index contributed by atoms with van der Waals surface area (Å²) in [4.78, 5) is 16.9. The highest BCUT2D eigenvalue weighted by molar-refractivity contribution is 7.98. The van der Waals surface area contributed by atoms with E-state index < -0.39 is 0 Å². The van der Waals surface area contributed by atoms with E-state index in [1.165, 1.54) is 17.7 Å². The number of nitrogens with zero attached hydrogens (tertiary/aromatic N) is 2. The van der Waals surface area contributed by atoms with Crippen molar-refractivity contribution in [3.05, 3.63) is 57.4 Å². The molecule has 0 bridgehead atoms. The van der Waals surface area contributed by atoms with Crippen molar-refractivity contribution in [3.63, 3.8) is 0 Å². The second kappa shape index (κ2) is 7.30. The topological polar surface area (TPSA) is 44.1 Å². The van der Waals surface area contributed by atoms with Gasteiger partial charge in [0.05, 0.1) is 12.6 Å². The molecule has 1 aromatic heterocycles. The van der Waals surface area contributed by atoms with Crippen LogP contribution in [-0.2, 0) is 29.9 Å². The summed E-state index contributed by atoms with van der Waals surface area (Å²) >= 11 is 1.57. The molecule has 0 N–H and O–H groups in total. The molecule has 6 heteroatoms. The Morgan fingerprint density at radius 3 is 2.84 bits per heavy atom. The lowest BCUT2D eigenvalue weighted by Gasteiger charge is -2.17. The van der Waals surface area contributed by atoms with Gasteiger partial charge in [0, 0.05) is 23.6 Å². The summed E-state index contributed by atoms with van der Waals surface area (Å²) in [6.45, 7) is 1.41. The fourth-order valence-corrected chi connectivity index (χ4v) is 4.65. The van der Waals surface area contributed by atoms with Crippen LogP contribution >= 0.6 is 11.8 Å². The Labute approximate surface area is 150 Å². The quantitative estimate of drug-likeness (QED) is 0.606. The number of hydrogen-bond acceptors (Lipinski definition) is 4. The summed E-state index contributed by atoms with van der Waals surface area (Å²) in [5, 5.41) is 0.838. The first-order valence-corrected chi connectivity index (χ1v) is 9.81. The molecule has 0 amide bonds. The average molecular weight is 360 g/mol. The van der Waals surface area contributed by atoms with E-state index in [1.54, 1.807) is 23.9 Å². The van der Waals surface area contributed by atoms with Crippen LogP contribution in [-0.4, -0.2) is 22.3 Å². The average Bonchev–Trinajstić information content (AvgIpc) is 3.29. The zero-order valence-electron chi connectivity index (χ0n) is 14.0. The Bertz CT molecular complexity index is 813. The maximum atomic E-state index is 13.0. The lowest BCUT2D eigenvalue weighted by molar-refractivity contribution is 0.0950. The maximum absolute atomic E-state index is 13.0. The van der Waals surface area contributed by atoms with Gasteiger partial charge in [-0.3, -0.25) is 4.57 Å². The molecule has 0 unspecified atom stereocenters. The Morgan fingerprint density at radius 2 is 2.08 bits per heavy atom. The smallest absolute Gasteiger partial charge is 0.348 e. The Hall–Kier alpha value is -1.66. The van der Waals surface area contributed by atoms with E-state index in [-0.39, 0.29) is 17.6 Å². The first-order valence-electron chi connectivity index (χ1n) is 8.82. The molecular weight excluding hydrogens is 339 g/mol. The third-order valence-electron chi connectivity index (χ3n) is 4.90. The monoisotopic (exact) mass is 360 g/mol. The van der Waals surface area contributed by atoms with Crippen LogP contribution in [0.2, 0.25) is 0 Å². The number of benzene rings is 1. The lowest BCUT2D eigenvalue weighted by Crippen LogP contribution is -2.31. The Balaban J connectivity index is 1.56. The predicted molar refractivity (Wildman–Crippen MR) is 95.5 cm³/mol. The third-order valence-corrected chi connectivity index (χ3v) is 5.99. The largest absolute Gasteiger partial charge is 0.376 e. The predicted octanol–water partition coefficient (Wildman–Crippen LogP) is 3.34. The summed E-state index contributed by atoms with van der Waals surface area (Å²) in [6, 6.07) is 6.49. The number of aromatic nitrogens is 2. The molecule has 2 aromatic rings. The molecule has 1 aliphatic carbocycles. The van der Waals surface area contributed by atoms with Crippen molar-refractivity contribution in [1.82, 2.24) is 9.55 Å². The summed E-state index contributed by atoms with van der Waals surface area (Å²) in [6.07, 6.45) is 5.20. The highest BCUT2D eigenvalue weighted by Gasteiger charge is 2.25. The standard InChI is InChI=1S/C19H21FN2O2S/c20-14-8-6-13(7-9-14)12-25-18-16-4-1-5-17(16)22(19(23)21-18)11-15-3-2-10-24-15/h6-9,15H,1-5,10-12H2/t15-/m1/s1. The highest BCUT2D eigenvalue weighted by Crippen LogP contribution is 2.31. The summed E-state index contributed by atoms with van der Waals surface area (Å²) in [5.74, 6) is 0.457. The molecule has 132 valence electrons. The third kappa shape index (κ3) is 3.65. The Morgan fingerprint density at radius 1 is 1.24 bits per heavy atom. The molecule has 2 heterocycles. The molecule has 25 heavy (non-hydrogen) atoms. The SMILES string of the molecule is O=c1nc(SCc2ccc(F)cc2)c2c(n1C[C@H]1CCCO1)CCC2. The molecule has 4 rings (SSSR count). The van der Waals surface area contributed by atoms with Gasteiger partial charge >= 0.3 is 5.69 Å². The van der Waals surface area contributed by atoms with Gasteiger partial charge in [-0.05, 0) is 49.8 Å². The van der Waals surface area contributed by atoms with Gasteiger partial charge in [-0.1, -0.05) is 12.1 Å². The second-order valence-electron chi connectivity index (χ2n) is 6.64. The molecule has 2 aliphatic rings. The van der Waals surface area contributed by atoms with E-state index in [4.69, 9.17) is 4.74 Å². The number of fused-ring (bicyclic) bond motifs is 1. The molecular formula is C19H21FN2O2S. The van der Waals surface area contributed by atoms with Gasteiger partial charge in [0.1, 0.15) is 10.8 Å². The Kier molecular flexibility index (Phi) is 4.90. The van der Waals surface area contributed by atoms with Crippen LogP contribution in [0.1, 0.15) is 36.1 Å². The molecule has 0 spiro atoms. The molecule has 1 saturated heterocycles. The van der Waals surface area contributed by atoms with Crippen LogP contribution in [0.5, 0.6) is 0 Å². The van der Waals surface area contributed by atoms with Gasteiger partial charge in [0.15, 0.2) is 0 Å². The van der Waals surface area contributed by atoms with Gasteiger partial charge in [-0.25, -0.2) is 9.18 Å². The number of rotatable bonds is 5. The van der Waals surface area contributed by atoms with Gasteiger partial charge in [0.25, 0.3) is 0 Å². The van der Waals surface area contributed by atoms with E-state index in [0.717, 1.165) is 55.0 Å². The van der Waals surface area contributed by atoms with Crippen molar-refractivity contribution in [2.45, 2.75) is 55.5 Å². The van der Waals surface area contributed by atoms with E-state index in [9.17, 15) is 9.18 Å². The molecule has 1 atom stereocenters. The van der Waals surface area contributed by atoms with Crippen molar-refractivity contribution in [2.75, 3.05) is 6.61 Å². The van der Waals surface area contributed by atoms with Crippen molar-refractivity contribution >= 4 is 11.8 Å². The lowest BCUT2D eigenvalue weighted by atomic mass is 10.2. The van der Waals surface area contributed by atoms with Crippen LogP contribution in [0.4, 0.5) is 4.39 Å².